The Hall–Kier alpha value is -4.08. The number of benzene rings is 2. The lowest BCUT2D eigenvalue weighted by Crippen LogP contribution is -2.13. The molecule has 1 amide bonds. The highest BCUT2D eigenvalue weighted by atomic mass is 35.5. The molecule has 4 rings (SSSR count). The Morgan fingerprint density at radius 2 is 1.76 bits per heavy atom. The van der Waals surface area contributed by atoms with Crippen LogP contribution in [0.4, 0.5) is 23.1 Å². The van der Waals surface area contributed by atoms with Gasteiger partial charge >= 0.3 is 0 Å². The highest BCUT2D eigenvalue weighted by Crippen LogP contribution is 2.46. The number of halogens is 2. The first kappa shape index (κ1) is 27.0. The lowest BCUT2D eigenvalue weighted by Gasteiger charge is -2.19. The summed E-state index contributed by atoms with van der Waals surface area (Å²) in [5, 5.41) is 7.36. The van der Waals surface area contributed by atoms with E-state index >= 15 is 0 Å². The van der Waals surface area contributed by atoms with Crippen molar-refractivity contribution in [3.05, 3.63) is 64.8 Å². The molecule has 0 unspecified atom stereocenters. The summed E-state index contributed by atoms with van der Waals surface area (Å²) in [6, 6.07) is 8.98. The number of fused-ring (bicyclic) bond motifs is 1. The van der Waals surface area contributed by atoms with Crippen LogP contribution in [-0.2, 0) is 4.79 Å². The molecule has 4 aromatic rings. The smallest absolute Gasteiger partial charge is 0.247 e. The van der Waals surface area contributed by atoms with Gasteiger partial charge in [0.2, 0.25) is 11.9 Å². The van der Waals surface area contributed by atoms with Crippen LogP contribution < -0.4 is 25.0 Å². The van der Waals surface area contributed by atoms with E-state index in [0.29, 0.717) is 66.8 Å². The number of ether oxygens (including phenoxy) is 2. The lowest BCUT2D eigenvalue weighted by molar-refractivity contribution is -0.111. The minimum absolute atomic E-state index is 0.308. The first-order valence-corrected chi connectivity index (χ1v) is 12.2. The van der Waals surface area contributed by atoms with Crippen molar-refractivity contribution in [2.45, 2.75) is 6.92 Å². The Kier molecular flexibility index (Phi) is 7.89. The number of amides is 1. The molecule has 0 bridgehead atoms. The Morgan fingerprint density at radius 1 is 1.08 bits per heavy atom. The second-order valence-electron chi connectivity index (χ2n) is 8.46. The summed E-state index contributed by atoms with van der Waals surface area (Å²) in [7, 11) is 6.76. The quantitative estimate of drug-likeness (QED) is 0.247. The van der Waals surface area contributed by atoms with Gasteiger partial charge in [-0.05, 0) is 30.7 Å². The number of carbonyl (C=O) groups excluding carboxylic acids is 1. The van der Waals surface area contributed by atoms with E-state index in [1.807, 2.05) is 44.1 Å². The molecule has 0 fully saturated rings. The fourth-order valence-electron chi connectivity index (χ4n) is 3.87. The second-order valence-corrected chi connectivity index (χ2v) is 9.21. The highest BCUT2D eigenvalue weighted by molar-refractivity contribution is 6.41. The molecule has 38 heavy (non-hydrogen) atoms. The normalized spacial score (nSPS) is 10.7. The minimum Gasteiger partial charge on any atom is -0.495 e. The number of hydrogen-bond donors (Lipinski definition) is 2. The number of nitrogens with one attached hydrogen (secondary N) is 2. The van der Waals surface area contributed by atoms with Crippen molar-refractivity contribution >= 4 is 63.2 Å². The molecule has 9 nitrogen and oxygen atoms in total. The summed E-state index contributed by atoms with van der Waals surface area (Å²) in [6.07, 6.45) is 2.89. The standard InChI is InChI=1S/C27H26Cl2N6O3/c1-7-20(36)31-16-10-8-9-14(2)24(16)33-27-30-13-15-11-17(32-26(35(3)4)25(15)34-27)21-22(28)18(37-5)12-19(38-6)23(21)29/h7-13H,1H2,2-6H3,(H,31,36)(H,30,33,34). The van der Waals surface area contributed by atoms with E-state index in [1.165, 1.54) is 20.3 Å². The van der Waals surface area contributed by atoms with Crippen LogP contribution in [0.1, 0.15) is 5.56 Å². The molecule has 2 aromatic carbocycles. The first-order valence-electron chi connectivity index (χ1n) is 11.4. The number of hydrogen-bond acceptors (Lipinski definition) is 8. The van der Waals surface area contributed by atoms with E-state index in [4.69, 9.17) is 42.6 Å². The zero-order valence-electron chi connectivity index (χ0n) is 21.5. The van der Waals surface area contributed by atoms with Crippen LogP contribution in [0.2, 0.25) is 10.0 Å². The van der Waals surface area contributed by atoms with Crippen molar-refractivity contribution < 1.29 is 14.3 Å². The fourth-order valence-corrected chi connectivity index (χ4v) is 4.56. The van der Waals surface area contributed by atoms with Crippen molar-refractivity contribution in [2.24, 2.45) is 0 Å². The molecule has 0 spiro atoms. The number of aryl methyl sites for hydroxylation is 1. The van der Waals surface area contributed by atoms with Crippen molar-refractivity contribution in [1.82, 2.24) is 15.0 Å². The van der Waals surface area contributed by atoms with Crippen molar-refractivity contribution in [1.29, 1.82) is 0 Å². The number of para-hydroxylation sites is 1. The van der Waals surface area contributed by atoms with Crippen LogP contribution in [-0.4, -0.2) is 49.2 Å². The lowest BCUT2D eigenvalue weighted by atomic mass is 10.1. The third kappa shape index (κ3) is 5.16. The van der Waals surface area contributed by atoms with Gasteiger partial charge in [0.1, 0.15) is 17.0 Å². The molecule has 2 N–H and O–H groups in total. The molecule has 0 radical (unpaired) electrons. The van der Waals surface area contributed by atoms with E-state index in [-0.39, 0.29) is 5.91 Å². The molecular formula is C27H26Cl2N6O3. The molecule has 0 saturated carbocycles. The van der Waals surface area contributed by atoms with E-state index < -0.39 is 0 Å². The summed E-state index contributed by atoms with van der Waals surface area (Å²) in [5.41, 5.74) is 3.72. The third-order valence-electron chi connectivity index (χ3n) is 5.75. The number of methoxy groups -OCH3 is 2. The van der Waals surface area contributed by atoms with E-state index in [0.717, 1.165) is 5.56 Å². The number of carbonyl (C=O) groups is 1. The Labute approximate surface area is 230 Å². The van der Waals surface area contributed by atoms with E-state index in [9.17, 15) is 4.79 Å². The van der Waals surface area contributed by atoms with Crippen LogP contribution in [0.5, 0.6) is 11.5 Å². The number of aromatic nitrogens is 3. The molecule has 0 atom stereocenters. The van der Waals surface area contributed by atoms with Gasteiger partial charge in [-0.3, -0.25) is 4.79 Å². The van der Waals surface area contributed by atoms with E-state index in [1.54, 1.807) is 18.3 Å². The largest absolute Gasteiger partial charge is 0.495 e. The molecule has 0 aliphatic heterocycles. The molecule has 2 aromatic heterocycles. The fraction of sp³-hybridized carbons (Fsp3) is 0.185. The van der Waals surface area contributed by atoms with E-state index in [2.05, 4.69) is 22.2 Å². The SMILES string of the molecule is C=CC(=O)Nc1cccc(C)c1Nc1ncc2cc(-c3c(Cl)c(OC)cc(OC)c3Cl)nc(N(C)C)c2n1. The van der Waals surface area contributed by atoms with Gasteiger partial charge in [0.25, 0.3) is 0 Å². The van der Waals surface area contributed by atoms with Gasteiger partial charge in [-0.2, -0.15) is 0 Å². The highest BCUT2D eigenvalue weighted by Gasteiger charge is 2.22. The van der Waals surface area contributed by atoms with Gasteiger partial charge in [0, 0.05) is 37.3 Å². The van der Waals surface area contributed by atoms with Crippen LogP contribution in [0.15, 0.2) is 49.2 Å². The number of rotatable bonds is 8. The summed E-state index contributed by atoms with van der Waals surface area (Å²) in [5.74, 6) is 1.39. The summed E-state index contributed by atoms with van der Waals surface area (Å²) >= 11 is 13.3. The average Bonchev–Trinajstić information content (AvgIpc) is 2.90. The molecule has 0 aliphatic carbocycles. The first-order chi connectivity index (χ1) is 18.2. The van der Waals surface area contributed by atoms with Crippen LogP contribution in [0.3, 0.4) is 0 Å². The number of pyridine rings is 1. The third-order valence-corrected chi connectivity index (χ3v) is 6.50. The average molecular weight is 553 g/mol. The maximum absolute atomic E-state index is 11.9. The maximum Gasteiger partial charge on any atom is 0.247 e. The summed E-state index contributed by atoms with van der Waals surface area (Å²) in [4.78, 5) is 27.9. The molecule has 11 heteroatoms. The Morgan fingerprint density at radius 3 is 2.37 bits per heavy atom. The summed E-state index contributed by atoms with van der Waals surface area (Å²) in [6.45, 7) is 5.43. The molecule has 2 heterocycles. The van der Waals surface area contributed by atoms with Gasteiger partial charge in [-0.1, -0.05) is 41.9 Å². The van der Waals surface area contributed by atoms with Gasteiger partial charge in [0.05, 0.1) is 41.3 Å². The predicted octanol–water partition coefficient (Wildman–Crippen LogP) is 6.26. The second kappa shape index (κ2) is 11.1. The van der Waals surface area contributed by atoms with Crippen LogP contribution in [0, 0.1) is 6.92 Å². The Bertz CT molecular complexity index is 1530. The monoisotopic (exact) mass is 552 g/mol. The van der Waals surface area contributed by atoms with Gasteiger partial charge < -0.3 is 25.0 Å². The van der Waals surface area contributed by atoms with Crippen molar-refractivity contribution in [2.75, 3.05) is 43.8 Å². The van der Waals surface area contributed by atoms with Crippen LogP contribution >= 0.6 is 23.2 Å². The number of nitrogens with zero attached hydrogens (tertiary/aromatic N) is 4. The molecule has 196 valence electrons. The Balaban J connectivity index is 1.85. The van der Waals surface area contributed by atoms with Gasteiger partial charge in [0.15, 0.2) is 5.82 Å². The maximum atomic E-state index is 11.9. The minimum atomic E-state index is -0.323. The van der Waals surface area contributed by atoms with Crippen molar-refractivity contribution in [3.63, 3.8) is 0 Å². The predicted molar refractivity (Wildman–Crippen MR) is 154 cm³/mol. The number of anilines is 4. The zero-order valence-corrected chi connectivity index (χ0v) is 23.0. The zero-order chi connectivity index (χ0) is 27.6. The van der Waals surface area contributed by atoms with Gasteiger partial charge in [-0.15, -0.1) is 0 Å². The topological polar surface area (TPSA) is 102 Å². The van der Waals surface area contributed by atoms with Crippen LogP contribution in [0.25, 0.3) is 22.2 Å². The molecular weight excluding hydrogens is 527 g/mol. The summed E-state index contributed by atoms with van der Waals surface area (Å²) < 4.78 is 10.8. The molecule has 0 aliphatic rings. The molecule has 0 saturated heterocycles. The van der Waals surface area contributed by atoms with Crippen molar-refractivity contribution in [3.8, 4) is 22.8 Å². The van der Waals surface area contributed by atoms with Gasteiger partial charge in [-0.25, -0.2) is 15.0 Å².